The lowest BCUT2D eigenvalue weighted by Crippen LogP contribution is -2.32. The Morgan fingerprint density at radius 3 is 2.60 bits per heavy atom. The molecule has 2 rings (SSSR count). The lowest BCUT2D eigenvalue weighted by atomic mass is 10.1. The van der Waals surface area contributed by atoms with Crippen molar-refractivity contribution < 1.29 is 8.42 Å². The molecule has 112 valence electrons. The molecule has 4 nitrogen and oxygen atoms in total. The van der Waals surface area contributed by atoms with Gasteiger partial charge in [0.15, 0.2) is 0 Å². The van der Waals surface area contributed by atoms with Crippen LogP contribution in [0, 0.1) is 0 Å². The normalized spacial score (nSPS) is 17.1. The van der Waals surface area contributed by atoms with Crippen LogP contribution in [0.3, 0.4) is 0 Å². The van der Waals surface area contributed by atoms with Crippen molar-refractivity contribution in [3.05, 3.63) is 29.3 Å². The van der Waals surface area contributed by atoms with Gasteiger partial charge in [-0.15, -0.1) is 0 Å². The molecule has 0 aliphatic heterocycles. The number of benzene rings is 1. The van der Waals surface area contributed by atoms with Gasteiger partial charge in [-0.05, 0) is 42.7 Å². The average molecular weight is 314 g/mol. The van der Waals surface area contributed by atoms with Gasteiger partial charge in [-0.1, -0.05) is 19.1 Å². The molecular weight excluding hydrogens is 292 g/mol. The Morgan fingerprint density at radius 1 is 1.40 bits per heavy atom. The number of nitrogens with two attached hydrogens (primary N) is 1. The first kappa shape index (κ1) is 15.8. The molecule has 1 aromatic carbocycles. The topological polar surface area (TPSA) is 72.2 Å². The standard InChI is InChI=1S/C14H22N2O2S2/c1-3-12-5-4-11(9-15)8-13(12)20(17,18)16-10-14(19-2)6-7-14/h4-5,8,16H,3,6-7,9-10,15H2,1-2H3. The van der Waals surface area contributed by atoms with Crippen molar-refractivity contribution in [2.75, 3.05) is 12.8 Å². The molecule has 6 heteroatoms. The molecule has 0 unspecified atom stereocenters. The van der Waals surface area contributed by atoms with E-state index in [-0.39, 0.29) is 4.75 Å². The van der Waals surface area contributed by atoms with Gasteiger partial charge in [0.1, 0.15) is 0 Å². The van der Waals surface area contributed by atoms with E-state index >= 15 is 0 Å². The van der Waals surface area contributed by atoms with Crippen LogP contribution < -0.4 is 10.5 Å². The number of aryl methyl sites for hydroxylation is 1. The van der Waals surface area contributed by atoms with Gasteiger partial charge in [0.25, 0.3) is 0 Å². The second kappa shape index (κ2) is 6.05. The van der Waals surface area contributed by atoms with Crippen LogP contribution in [-0.4, -0.2) is 26.0 Å². The van der Waals surface area contributed by atoms with E-state index in [1.54, 1.807) is 17.8 Å². The van der Waals surface area contributed by atoms with Crippen molar-refractivity contribution >= 4 is 21.8 Å². The third kappa shape index (κ3) is 3.36. The Bertz CT molecular complexity index is 581. The maximum atomic E-state index is 12.5. The summed E-state index contributed by atoms with van der Waals surface area (Å²) in [5, 5.41) is 0. The van der Waals surface area contributed by atoms with E-state index in [1.807, 2.05) is 25.3 Å². The summed E-state index contributed by atoms with van der Waals surface area (Å²) in [6.45, 7) is 2.81. The van der Waals surface area contributed by atoms with Crippen LogP contribution in [0.5, 0.6) is 0 Å². The largest absolute Gasteiger partial charge is 0.326 e. The molecular formula is C14H22N2O2S2. The molecule has 1 aromatic rings. The molecule has 0 heterocycles. The van der Waals surface area contributed by atoms with Gasteiger partial charge in [0.05, 0.1) is 4.90 Å². The lowest BCUT2D eigenvalue weighted by molar-refractivity contribution is 0.578. The molecule has 0 amide bonds. The predicted molar refractivity (Wildman–Crippen MR) is 84.4 cm³/mol. The smallest absolute Gasteiger partial charge is 0.240 e. The molecule has 1 saturated carbocycles. The van der Waals surface area contributed by atoms with Crippen LogP contribution in [0.2, 0.25) is 0 Å². The zero-order valence-electron chi connectivity index (χ0n) is 12.0. The zero-order valence-corrected chi connectivity index (χ0v) is 13.6. The highest BCUT2D eigenvalue weighted by Crippen LogP contribution is 2.46. The molecule has 0 bridgehead atoms. The van der Waals surface area contributed by atoms with E-state index < -0.39 is 10.0 Å². The Labute approximate surface area is 125 Å². The van der Waals surface area contributed by atoms with E-state index in [0.29, 0.717) is 24.4 Å². The first-order chi connectivity index (χ1) is 9.46. The van der Waals surface area contributed by atoms with Crippen molar-refractivity contribution in [3.8, 4) is 0 Å². The first-order valence-electron chi connectivity index (χ1n) is 6.83. The fourth-order valence-electron chi connectivity index (χ4n) is 2.16. The predicted octanol–water partition coefficient (Wildman–Crippen LogP) is 1.88. The van der Waals surface area contributed by atoms with Crippen LogP contribution in [0.15, 0.2) is 23.1 Å². The maximum Gasteiger partial charge on any atom is 0.240 e. The molecule has 0 spiro atoms. The summed E-state index contributed by atoms with van der Waals surface area (Å²) in [4.78, 5) is 0.375. The van der Waals surface area contributed by atoms with Crippen LogP contribution in [-0.2, 0) is 23.0 Å². The number of nitrogens with one attached hydrogen (secondary N) is 1. The van der Waals surface area contributed by atoms with Gasteiger partial charge >= 0.3 is 0 Å². The third-order valence-electron chi connectivity index (χ3n) is 3.86. The van der Waals surface area contributed by atoms with Gasteiger partial charge < -0.3 is 5.73 Å². The summed E-state index contributed by atoms with van der Waals surface area (Å²) in [7, 11) is -3.46. The quantitative estimate of drug-likeness (QED) is 0.806. The monoisotopic (exact) mass is 314 g/mol. The minimum atomic E-state index is -3.46. The number of hydrogen-bond acceptors (Lipinski definition) is 4. The Balaban J connectivity index is 2.23. The van der Waals surface area contributed by atoms with E-state index in [4.69, 9.17) is 5.73 Å². The maximum absolute atomic E-state index is 12.5. The second-order valence-electron chi connectivity index (χ2n) is 5.21. The molecule has 0 aromatic heterocycles. The van der Waals surface area contributed by atoms with Gasteiger partial charge in [0, 0.05) is 17.8 Å². The van der Waals surface area contributed by atoms with Crippen molar-refractivity contribution in [2.24, 2.45) is 5.73 Å². The van der Waals surface area contributed by atoms with E-state index in [9.17, 15) is 8.42 Å². The SMILES string of the molecule is CCc1ccc(CN)cc1S(=O)(=O)NCC1(SC)CC1. The van der Waals surface area contributed by atoms with Crippen LogP contribution in [0.1, 0.15) is 30.9 Å². The molecule has 20 heavy (non-hydrogen) atoms. The number of thioether (sulfide) groups is 1. The lowest BCUT2D eigenvalue weighted by Gasteiger charge is -2.15. The van der Waals surface area contributed by atoms with Crippen LogP contribution >= 0.6 is 11.8 Å². The van der Waals surface area contributed by atoms with Crippen LogP contribution in [0.25, 0.3) is 0 Å². The number of rotatable bonds is 7. The highest BCUT2D eigenvalue weighted by Gasteiger charge is 2.42. The highest BCUT2D eigenvalue weighted by molar-refractivity contribution is 8.00. The highest BCUT2D eigenvalue weighted by atomic mass is 32.2. The molecule has 1 fully saturated rings. The Morgan fingerprint density at radius 2 is 2.10 bits per heavy atom. The van der Waals surface area contributed by atoms with Crippen molar-refractivity contribution in [3.63, 3.8) is 0 Å². The average Bonchev–Trinajstić information content (AvgIpc) is 3.25. The summed E-state index contributed by atoms with van der Waals surface area (Å²) in [5.41, 5.74) is 7.29. The number of sulfonamides is 1. The minimum Gasteiger partial charge on any atom is -0.326 e. The summed E-state index contributed by atoms with van der Waals surface area (Å²) < 4.78 is 27.9. The molecule has 0 saturated heterocycles. The fourth-order valence-corrected chi connectivity index (χ4v) is 4.47. The summed E-state index contributed by atoms with van der Waals surface area (Å²) in [6.07, 6.45) is 4.89. The molecule has 1 aliphatic rings. The van der Waals surface area contributed by atoms with E-state index in [1.165, 1.54) is 0 Å². The molecule has 0 radical (unpaired) electrons. The summed E-state index contributed by atoms with van der Waals surface area (Å²) in [6, 6.07) is 5.44. The van der Waals surface area contributed by atoms with Gasteiger partial charge in [0.2, 0.25) is 10.0 Å². The van der Waals surface area contributed by atoms with Gasteiger partial charge in [-0.25, -0.2) is 13.1 Å². The van der Waals surface area contributed by atoms with Crippen molar-refractivity contribution in [2.45, 2.75) is 42.4 Å². The van der Waals surface area contributed by atoms with E-state index in [0.717, 1.165) is 24.0 Å². The fraction of sp³-hybridized carbons (Fsp3) is 0.571. The second-order valence-corrected chi connectivity index (χ2v) is 8.22. The number of hydrogen-bond donors (Lipinski definition) is 2. The summed E-state index contributed by atoms with van der Waals surface area (Å²) >= 11 is 1.74. The van der Waals surface area contributed by atoms with Crippen molar-refractivity contribution in [1.82, 2.24) is 4.72 Å². The molecule has 1 aliphatic carbocycles. The minimum absolute atomic E-state index is 0.116. The van der Waals surface area contributed by atoms with Gasteiger partial charge in [-0.2, -0.15) is 11.8 Å². The Kier molecular flexibility index (Phi) is 4.79. The van der Waals surface area contributed by atoms with E-state index in [2.05, 4.69) is 4.72 Å². The Hall–Kier alpha value is -0.560. The third-order valence-corrected chi connectivity index (χ3v) is 6.76. The van der Waals surface area contributed by atoms with Crippen molar-refractivity contribution in [1.29, 1.82) is 0 Å². The zero-order chi connectivity index (χ0) is 14.8. The first-order valence-corrected chi connectivity index (χ1v) is 9.54. The summed E-state index contributed by atoms with van der Waals surface area (Å²) in [5.74, 6) is 0. The molecule has 3 N–H and O–H groups in total. The molecule has 0 atom stereocenters. The van der Waals surface area contributed by atoms with Gasteiger partial charge in [-0.3, -0.25) is 0 Å². The van der Waals surface area contributed by atoms with Crippen LogP contribution in [0.4, 0.5) is 0 Å².